The summed E-state index contributed by atoms with van der Waals surface area (Å²) in [6, 6.07) is 9.48. The summed E-state index contributed by atoms with van der Waals surface area (Å²) in [7, 11) is 0. The zero-order valence-corrected chi connectivity index (χ0v) is 13.1. The van der Waals surface area contributed by atoms with Gasteiger partial charge in [-0.1, -0.05) is 53.3 Å². The first kappa shape index (κ1) is 13.5. The predicted octanol–water partition coefficient (Wildman–Crippen LogP) is 3.98. The van der Waals surface area contributed by atoms with Gasteiger partial charge in [-0.3, -0.25) is 4.79 Å². The summed E-state index contributed by atoms with van der Waals surface area (Å²) in [6.07, 6.45) is 1.53. The van der Waals surface area contributed by atoms with E-state index in [2.05, 4.69) is 30.9 Å². The Kier molecular flexibility index (Phi) is 3.69. The lowest BCUT2D eigenvalue weighted by Crippen LogP contribution is -2.11. The number of nitrogens with one attached hydrogen (secondary N) is 1. The molecule has 2 heterocycles. The summed E-state index contributed by atoms with van der Waals surface area (Å²) in [5, 5.41) is 0.580. The van der Waals surface area contributed by atoms with Gasteiger partial charge in [-0.2, -0.15) is 0 Å². The molecule has 3 aromatic rings. The molecule has 0 atom stereocenters. The molecule has 0 amide bonds. The quantitative estimate of drug-likeness (QED) is 0.744. The number of H-pyrrole nitrogens is 1. The number of rotatable bonds is 2. The van der Waals surface area contributed by atoms with Crippen LogP contribution >= 0.6 is 38.9 Å². The number of nitrogens with zero attached hydrogens (tertiary/aromatic N) is 2. The van der Waals surface area contributed by atoms with E-state index in [9.17, 15) is 4.79 Å². The highest BCUT2D eigenvalue weighted by Crippen LogP contribution is 2.28. The van der Waals surface area contributed by atoms with E-state index >= 15 is 0 Å². The van der Waals surface area contributed by atoms with Crippen molar-refractivity contribution >= 4 is 38.9 Å². The Morgan fingerprint density at radius 1 is 1.25 bits per heavy atom. The number of halogens is 2. The molecule has 0 spiro atoms. The van der Waals surface area contributed by atoms with Crippen molar-refractivity contribution in [3.05, 3.63) is 55.7 Å². The van der Waals surface area contributed by atoms with Crippen molar-refractivity contribution in [3.63, 3.8) is 0 Å². The van der Waals surface area contributed by atoms with E-state index < -0.39 is 0 Å². The van der Waals surface area contributed by atoms with Crippen molar-refractivity contribution in [1.29, 1.82) is 0 Å². The molecular formula is C13H7BrClN3OS. The standard InChI is InChI=1S/C13H7BrClN3OS/c14-9-10(7-4-2-1-3-5-7)17-11(18-12(9)19)13-16-6-8(15)20-13/h1-6H,(H,17,18,19). The lowest BCUT2D eigenvalue weighted by Gasteiger charge is -2.05. The van der Waals surface area contributed by atoms with Gasteiger partial charge in [-0.05, 0) is 15.9 Å². The van der Waals surface area contributed by atoms with Crippen LogP contribution in [0.15, 0.2) is 45.8 Å². The molecule has 0 unspecified atom stereocenters. The third-order valence-corrected chi connectivity index (χ3v) is 4.45. The minimum absolute atomic E-state index is 0.250. The van der Waals surface area contributed by atoms with Crippen LogP contribution in [-0.2, 0) is 0 Å². The van der Waals surface area contributed by atoms with Gasteiger partial charge in [0.2, 0.25) is 0 Å². The number of thiazole rings is 1. The summed E-state index contributed by atoms with van der Waals surface area (Å²) in [5.41, 5.74) is 1.19. The van der Waals surface area contributed by atoms with Crippen LogP contribution in [0.3, 0.4) is 0 Å². The molecular weight excluding hydrogens is 362 g/mol. The van der Waals surface area contributed by atoms with Crippen molar-refractivity contribution in [2.75, 3.05) is 0 Å². The van der Waals surface area contributed by atoms with E-state index in [4.69, 9.17) is 11.6 Å². The molecule has 0 radical (unpaired) electrons. The Morgan fingerprint density at radius 2 is 2.00 bits per heavy atom. The maximum absolute atomic E-state index is 12.0. The monoisotopic (exact) mass is 367 g/mol. The first-order valence-corrected chi connectivity index (χ1v) is 7.61. The maximum atomic E-state index is 12.0. The fourth-order valence-electron chi connectivity index (χ4n) is 1.71. The van der Waals surface area contributed by atoms with Crippen LogP contribution in [0.1, 0.15) is 0 Å². The topological polar surface area (TPSA) is 58.6 Å². The zero-order valence-electron chi connectivity index (χ0n) is 9.93. The van der Waals surface area contributed by atoms with Gasteiger partial charge in [0.1, 0.15) is 8.81 Å². The molecule has 2 aromatic heterocycles. The van der Waals surface area contributed by atoms with Crippen molar-refractivity contribution in [2.24, 2.45) is 0 Å². The Morgan fingerprint density at radius 3 is 2.65 bits per heavy atom. The summed E-state index contributed by atoms with van der Waals surface area (Å²) in [5.74, 6) is 0.411. The van der Waals surface area contributed by atoms with Crippen LogP contribution in [0.4, 0.5) is 0 Å². The van der Waals surface area contributed by atoms with Gasteiger partial charge in [0.05, 0.1) is 11.9 Å². The van der Waals surface area contributed by atoms with Crippen LogP contribution < -0.4 is 5.56 Å². The molecule has 0 aliphatic heterocycles. The van der Waals surface area contributed by atoms with Crippen LogP contribution in [0.25, 0.3) is 22.1 Å². The van der Waals surface area contributed by atoms with E-state index in [1.54, 1.807) is 0 Å². The minimum atomic E-state index is -0.250. The van der Waals surface area contributed by atoms with Crippen molar-refractivity contribution in [3.8, 4) is 22.1 Å². The number of hydrogen-bond acceptors (Lipinski definition) is 4. The molecule has 0 bridgehead atoms. The zero-order chi connectivity index (χ0) is 14.1. The van der Waals surface area contributed by atoms with Gasteiger partial charge in [0.15, 0.2) is 10.8 Å². The molecule has 0 aliphatic rings. The average Bonchev–Trinajstić information content (AvgIpc) is 2.89. The second-order valence-corrected chi connectivity index (χ2v) is 6.37. The molecule has 3 rings (SSSR count). The number of benzene rings is 1. The van der Waals surface area contributed by atoms with Crippen molar-refractivity contribution in [1.82, 2.24) is 15.0 Å². The molecule has 0 fully saturated rings. The fraction of sp³-hybridized carbons (Fsp3) is 0. The number of hydrogen-bond donors (Lipinski definition) is 1. The molecule has 100 valence electrons. The van der Waals surface area contributed by atoms with E-state index in [1.807, 2.05) is 30.3 Å². The van der Waals surface area contributed by atoms with Gasteiger partial charge >= 0.3 is 0 Å². The Balaban J connectivity index is 2.21. The second kappa shape index (κ2) is 5.47. The molecule has 0 aliphatic carbocycles. The largest absolute Gasteiger partial charge is 0.303 e. The molecule has 1 aromatic carbocycles. The highest BCUT2D eigenvalue weighted by atomic mass is 79.9. The third kappa shape index (κ3) is 2.54. The molecule has 7 heteroatoms. The van der Waals surface area contributed by atoms with Crippen LogP contribution in [0, 0.1) is 0 Å². The SMILES string of the molecule is O=c1[nH]c(-c2ncc(Cl)s2)nc(-c2ccccc2)c1Br. The van der Waals surface area contributed by atoms with E-state index in [0.717, 1.165) is 5.56 Å². The van der Waals surface area contributed by atoms with Gasteiger partial charge in [-0.15, -0.1) is 0 Å². The van der Waals surface area contributed by atoms with Gasteiger partial charge in [0.25, 0.3) is 5.56 Å². The smallest absolute Gasteiger partial charge is 0.266 e. The summed E-state index contributed by atoms with van der Waals surface area (Å²) in [4.78, 5) is 23.3. The predicted molar refractivity (Wildman–Crippen MR) is 84.1 cm³/mol. The van der Waals surface area contributed by atoms with Crippen molar-refractivity contribution in [2.45, 2.75) is 0 Å². The Hall–Kier alpha value is -1.50. The summed E-state index contributed by atoms with van der Waals surface area (Å²) in [6.45, 7) is 0. The lowest BCUT2D eigenvalue weighted by atomic mass is 10.1. The highest BCUT2D eigenvalue weighted by molar-refractivity contribution is 9.10. The lowest BCUT2D eigenvalue weighted by molar-refractivity contribution is 1.11. The molecule has 20 heavy (non-hydrogen) atoms. The van der Waals surface area contributed by atoms with Gasteiger partial charge in [0, 0.05) is 5.56 Å². The minimum Gasteiger partial charge on any atom is -0.303 e. The Bertz CT molecular complexity index is 816. The maximum Gasteiger partial charge on any atom is 0.266 e. The van der Waals surface area contributed by atoms with E-state index in [1.165, 1.54) is 17.5 Å². The first-order valence-electron chi connectivity index (χ1n) is 5.62. The van der Waals surface area contributed by atoms with E-state index in [0.29, 0.717) is 25.3 Å². The van der Waals surface area contributed by atoms with Crippen LogP contribution in [0.2, 0.25) is 4.34 Å². The number of aromatic nitrogens is 3. The third-order valence-electron chi connectivity index (χ3n) is 2.59. The molecule has 0 saturated carbocycles. The summed E-state index contributed by atoms with van der Waals surface area (Å²) >= 11 is 10.4. The molecule has 0 saturated heterocycles. The fourth-order valence-corrected chi connectivity index (χ4v) is 2.98. The van der Waals surface area contributed by atoms with Crippen LogP contribution in [0.5, 0.6) is 0 Å². The van der Waals surface area contributed by atoms with E-state index in [-0.39, 0.29) is 5.56 Å². The molecule has 4 nitrogen and oxygen atoms in total. The normalized spacial score (nSPS) is 10.7. The summed E-state index contributed by atoms with van der Waals surface area (Å²) < 4.78 is 0.946. The van der Waals surface area contributed by atoms with Gasteiger partial charge in [-0.25, -0.2) is 9.97 Å². The number of aromatic amines is 1. The average molecular weight is 369 g/mol. The highest BCUT2D eigenvalue weighted by Gasteiger charge is 2.14. The Labute approximate surface area is 131 Å². The first-order chi connectivity index (χ1) is 9.65. The van der Waals surface area contributed by atoms with Gasteiger partial charge < -0.3 is 4.98 Å². The molecule has 1 N–H and O–H groups in total. The van der Waals surface area contributed by atoms with Crippen LogP contribution in [-0.4, -0.2) is 15.0 Å². The van der Waals surface area contributed by atoms with Crippen molar-refractivity contribution < 1.29 is 0 Å². The second-order valence-electron chi connectivity index (χ2n) is 3.91.